The molecule has 2 rings (SSSR count). The summed E-state index contributed by atoms with van der Waals surface area (Å²) in [6.07, 6.45) is 0.644. The van der Waals surface area contributed by atoms with Gasteiger partial charge in [-0.15, -0.1) is 0 Å². The van der Waals surface area contributed by atoms with Gasteiger partial charge in [-0.3, -0.25) is 0 Å². The van der Waals surface area contributed by atoms with E-state index in [1.807, 2.05) is 6.07 Å². The standard InChI is InChI=1S/C10H15NO4S/c1-10(8-3-5-16(12,13)7-8)14-6-9(15-10)2-4-11/h8-9H,2-3,5-7H2,1H3. The minimum Gasteiger partial charge on any atom is -0.347 e. The molecule has 5 nitrogen and oxygen atoms in total. The first kappa shape index (κ1) is 11.8. The van der Waals surface area contributed by atoms with Crippen LogP contribution in [0, 0.1) is 17.2 Å². The smallest absolute Gasteiger partial charge is 0.169 e. The largest absolute Gasteiger partial charge is 0.347 e. The maximum absolute atomic E-state index is 11.4. The lowest BCUT2D eigenvalue weighted by Crippen LogP contribution is -2.37. The van der Waals surface area contributed by atoms with Crippen LogP contribution in [-0.4, -0.2) is 38.4 Å². The van der Waals surface area contributed by atoms with Gasteiger partial charge in [-0.2, -0.15) is 5.26 Å². The van der Waals surface area contributed by atoms with Crippen molar-refractivity contribution in [2.45, 2.75) is 31.7 Å². The summed E-state index contributed by atoms with van der Waals surface area (Å²) < 4.78 is 34.0. The van der Waals surface area contributed by atoms with Gasteiger partial charge in [0.05, 0.1) is 36.7 Å². The Kier molecular flexibility index (Phi) is 2.95. The fourth-order valence-corrected chi connectivity index (χ4v) is 4.18. The lowest BCUT2D eigenvalue weighted by Gasteiger charge is -2.28. The van der Waals surface area contributed by atoms with Crippen LogP contribution in [-0.2, 0) is 19.3 Å². The Labute approximate surface area is 95.3 Å². The van der Waals surface area contributed by atoms with E-state index in [0.717, 1.165) is 0 Å². The van der Waals surface area contributed by atoms with Crippen LogP contribution < -0.4 is 0 Å². The number of hydrogen-bond acceptors (Lipinski definition) is 5. The summed E-state index contributed by atoms with van der Waals surface area (Å²) in [5, 5.41) is 8.56. The molecule has 0 aromatic heterocycles. The number of rotatable bonds is 2. The van der Waals surface area contributed by atoms with E-state index in [0.29, 0.717) is 13.0 Å². The van der Waals surface area contributed by atoms with Gasteiger partial charge in [0.2, 0.25) is 0 Å². The van der Waals surface area contributed by atoms with Crippen LogP contribution in [0.15, 0.2) is 0 Å². The van der Waals surface area contributed by atoms with E-state index in [1.165, 1.54) is 0 Å². The molecule has 0 aliphatic carbocycles. The second kappa shape index (κ2) is 3.99. The van der Waals surface area contributed by atoms with E-state index in [9.17, 15) is 8.42 Å². The van der Waals surface area contributed by atoms with E-state index in [-0.39, 0.29) is 29.9 Å². The van der Waals surface area contributed by atoms with Crippen molar-refractivity contribution in [2.75, 3.05) is 18.1 Å². The summed E-state index contributed by atoms with van der Waals surface area (Å²) in [5.41, 5.74) is 0. The Morgan fingerprint density at radius 1 is 1.56 bits per heavy atom. The van der Waals surface area contributed by atoms with Crippen LogP contribution in [0.25, 0.3) is 0 Å². The highest BCUT2D eigenvalue weighted by atomic mass is 32.2. The first-order valence-corrected chi connectivity index (χ1v) is 7.16. The molecule has 3 atom stereocenters. The number of sulfone groups is 1. The van der Waals surface area contributed by atoms with Gasteiger partial charge in [0.15, 0.2) is 15.6 Å². The van der Waals surface area contributed by atoms with Crippen molar-refractivity contribution in [3.8, 4) is 6.07 Å². The molecule has 0 saturated carbocycles. The summed E-state index contributed by atoms with van der Waals surface area (Å²) in [4.78, 5) is 0. The summed E-state index contributed by atoms with van der Waals surface area (Å²) in [6.45, 7) is 2.15. The minimum atomic E-state index is -2.93. The first-order valence-electron chi connectivity index (χ1n) is 5.34. The molecule has 6 heteroatoms. The average Bonchev–Trinajstić information content (AvgIpc) is 2.72. The molecule has 2 saturated heterocycles. The predicted octanol–water partition coefficient (Wildman–Crippen LogP) is 0.466. The molecule has 0 radical (unpaired) electrons. The first-order chi connectivity index (χ1) is 7.45. The van der Waals surface area contributed by atoms with Crippen LogP contribution in [0.3, 0.4) is 0 Å². The lowest BCUT2D eigenvalue weighted by molar-refractivity contribution is -0.184. The maximum atomic E-state index is 11.4. The number of nitriles is 1. The molecule has 0 aromatic carbocycles. The quantitative estimate of drug-likeness (QED) is 0.706. The number of hydrogen-bond donors (Lipinski definition) is 0. The second-order valence-electron chi connectivity index (χ2n) is 4.53. The molecule has 0 bridgehead atoms. The van der Waals surface area contributed by atoms with Crippen LogP contribution >= 0.6 is 0 Å². The maximum Gasteiger partial charge on any atom is 0.169 e. The molecule has 3 unspecified atom stereocenters. The highest BCUT2D eigenvalue weighted by molar-refractivity contribution is 7.91. The molecule has 2 heterocycles. The van der Waals surface area contributed by atoms with Crippen molar-refractivity contribution in [2.24, 2.45) is 5.92 Å². The third-order valence-electron chi connectivity index (χ3n) is 3.25. The molecule has 2 aliphatic rings. The van der Waals surface area contributed by atoms with Crippen molar-refractivity contribution in [3.63, 3.8) is 0 Å². The molecule has 90 valence electrons. The Bertz CT molecular complexity index is 413. The van der Waals surface area contributed by atoms with Gasteiger partial charge in [-0.1, -0.05) is 0 Å². The molecule has 16 heavy (non-hydrogen) atoms. The normalized spacial score (nSPS) is 42.0. The summed E-state index contributed by atoms with van der Waals surface area (Å²) in [6, 6.07) is 2.03. The fourth-order valence-electron chi connectivity index (χ4n) is 2.28. The SMILES string of the molecule is CC1(C2CCS(=O)(=O)C2)OCC(CC#N)O1. The number of nitrogens with zero attached hydrogens (tertiary/aromatic N) is 1. The monoisotopic (exact) mass is 245 g/mol. The highest BCUT2D eigenvalue weighted by Crippen LogP contribution is 2.37. The Morgan fingerprint density at radius 3 is 2.88 bits per heavy atom. The molecule has 2 fully saturated rings. The fraction of sp³-hybridized carbons (Fsp3) is 0.900. The second-order valence-corrected chi connectivity index (χ2v) is 6.76. The zero-order valence-corrected chi connectivity index (χ0v) is 10.00. The number of ether oxygens (including phenoxy) is 2. The van der Waals surface area contributed by atoms with Crippen molar-refractivity contribution in [3.05, 3.63) is 0 Å². The third-order valence-corrected chi connectivity index (χ3v) is 5.02. The van der Waals surface area contributed by atoms with Crippen LogP contribution in [0.2, 0.25) is 0 Å². The van der Waals surface area contributed by atoms with Gasteiger partial charge in [-0.05, 0) is 13.3 Å². The molecular formula is C10H15NO4S. The Hall–Kier alpha value is -0.640. The summed E-state index contributed by atoms with van der Waals surface area (Å²) >= 11 is 0. The predicted molar refractivity (Wildman–Crippen MR) is 56.2 cm³/mol. The lowest BCUT2D eigenvalue weighted by atomic mass is 10.00. The molecule has 0 N–H and O–H groups in total. The minimum absolute atomic E-state index is 0.110. The zero-order chi connectivity index (χ0) is 11.8. The van der Waals surface area contributed by atoms with E-state index in [1.54, 1.807) is 6.92 Å². The third kappa shape index (κ3) is 2.21. The zero-order valence-electron chi connectivity index (χ0n) is 9.18. The Morgan fingerprint density at radius 2 is 2.31 bits per heavy atom. The van der Waals surface area contributed by atoms with Crippen LogP contribution in [0.1, 0.15) is 19.8 Å². The van der Waals surface area contributed by atoms with Gasteiger partial charge in [0, 0.05) is 5.92 Å². The highest BCUT2D eigenvalue weighted by Gasteiger charge is 2.48. The van der Waals surface area contributed by atoms with Gasteiger partial charge < -0.3 is 9.47 Å². The van der Waals surface area contributed by atoms with Crippen molar-refractivity contribution in [1.82, 2.24) is 0 Å². The van der Waals surface area contributed by atoms with Crippen molar-refractivity contribution in [1.29, 1.82) is 5.26 Å². The molecule has 0 aromatic rings. The molecular weight excluding hydrogens is 230 g/mol. The van der Waals surface area contributed by atoms with Gasteiger partial charge >= 0.3 is 0 Å². The van der Waals surface area contributed by atoms with Crippen molar-refractivity contribution >= 4 is 9.84 Å². The van der Waals surface area contributed by atoms with Crippen molar-refractivity contribution < 1.29 is 17.9 Å². The Balaban J connectivity index is 2.03. The summed E-state index contributed by atoms with van der Waals surface area (Å²) in [5.74, 6) is -0.599. The van der Waals surface area contributed by atoms with Crippen LogP contribution in [0.4, 0.5) is 0 Å². The average molecular weight is 245 g/mol. The van der Waals surface area contributed by atoms with Crippen LogP contribution in [0.5, 0.6) is 0 Å². The van der Waals surface area contributed by atoms with E-state index in [4.69, 9.17) is 14.7 Å². The molecule has 2 aliphatic heterocycles. The van der Waals surface area contributed by atoms with E-state index >= 15 is 0 Å². The van der Waals surface area contributed by atoms with E-state index in [2.05, 4.69) is 0 Å². The van der Waals surface area contributed by atoms with Gasteiger partial charge in [0.25, 0.3) is 0 Å². The summed E-state index contributed by atoms with van der Waals surface area (Å²) in [7, 11) is -2.93. The van der Waals surface area contributed by atoms with Gasteiger partial charge in [-0.25, -0.2) is 8.42 Å². The molecule has 0 amide bonds. The molecule has 0 spiro atoms. The van der Waals surface area contributed by atoms with Gasteiger partial charge in [0.1, 0.15) is 0 Å². The topological polar surface area (TPSA) is 76.4 Å². The van der Waals surface area contributed by atoms with E-state index < -0.39 is 15.6 Å².